The Kier molecular flexibility index (Phi) is 5.68. The molecule has 1 spiro atoms. The van der Waals surface area contributed by atoms with Gasteiger partial charge < -0.3 is 9.47 Å². The number of sulfone groups is 1. The fourth-order valence-corrected chi connectivity index (χ4v) is 7.22. The first-order chi connectivity index (χ1) is 16.7. The van der Waals surface area contributed by atoms with Crippen LogP contribution in [-0.4, -0.2) is 59.6 Å². The quantitative estimate of drug-likeness (QED) is 0.612. The lowest BCUT2D eigenvalue weighted by Crippen LogP contribution is -2.63. The van der Waals surface area contributed by atoms with Crippen LogP contribution in [0, 0.1) is 0 Å². The van der Waals surface area contributed by atoms with Crippen molar-refractivity contribution in [2.45, 2.75) is 73.5 Å². The zero-order valence-electron chi connectivity index (χ0n) is 20.1. The van der Waals surface area contributed by atoms with E-state index in [2.05, 4.69) is 5.32 Å². The Bertz CT molecular complexity index is 1320. The number of aromatic nitrogens is 1. The van der Waals surface area contributed by atoms with E-state index in [1.165, 1.54) is 34.9 Å². The van der Waals surface area contributed by atoms with Crippen LogP contribution in [0.2, 0.25) is 0 Å². The fraction of sp³-hybridized carbons (Fsp3) is 0.520. The van der Waals surface area contributed by atoms with Crippen molar-refractivity contribution in [3.05, 3.63) is 53.3 Å². The average molecular weight is 526 g/mol. The lowest BCUT2D eigenvalue weighted by Gasteiger charge is -2.51. The molecule has 3 aliphatic rings. The van der Waals surface area contributed by atoms with Crippen LogP contribution in [0.3, 0.4) is 0 Å². The number of ketones is 1. The first-order valence-corrected chi connectivity index (χ1v) is 13.5. The predicted molar refractivity (Wildman–Crippen MR) is 128 cm³/mol. The molecule has 36 heavy (non-hydrogen) atoms. The first-order valence-electron chi connectivity index (χ1n) is 12.0. The maximum atomic E-state index is 13.2. The molecule has 2 aromatic rings. The molecule has 0 radical (unpaired) electrons. The lowest BCUT2D eigenvalue weighted by atomic mass is 9.79. The van der Waals surface area contributed by atoms with Crippen LogP contribution >= 0.6 is 0 Å². The van der Waals surface area contributed by atoms with Gasteiger partial charge in [0.25, 0.3) is 11.7 Å². The Morgan fingerprint density at radius 2 is 1.64 bits per heavy atom. The number of hydrogen-bond acceptors (Lipinski definition) is 5. The molecule has 11 heteroatoms. The summed E-state index contributed by atoms with van der Waals surface area (Å²) in [5, 5.41) is 3.25. The summed E-state index contributed by atoms with van der Waals surface area (Å²) >= 11 is 0. The highest BCUT2D eigenvalue weighted by Gasteiger charge is 2.49. The number of piperidine rings is 1. The molecule has 2 aliphatic heterocycles. The first kappa shape index (κ1) is 25.0. The number of likely N-dealkylation sites (tertiary alicyclic amines) is 1. The maximum absolute atomic E-state index is 13.2. The number of rotatable bonds is 4. The lowest BCUT2D eigenvalue weighted by molar-refractivity contribution is -0.0892. The van der Waals surface area contributed by atoms with E-state index >= 15 is 0 Å². The largest absolute Gasteiger partial charge is 0.456 e. The van der Waals surface area contributed by atoms with Gasteiger partial charge in [-0.25, -0.2) is 8.42 Å². The third-order valence-electron chi connectivity index (χ3n) is 7.39. The van der Waals surface area contributed by atoms with Gasteiger partial charge in [0.15, 0.2) is 9.84 Å². The molecule has 0 atom stereocenters. The molecule has 1 saturated carbocycles. The zero-order chi connectivity index (χ0) is 26.1. The number of halogens is 3. The third kappa shape index (κ3) is 4.26. The van der Waals surface area contributed by atoms with Gasteiger partial charge in [-0.1, -0.05) is 0 Å². The van der Waals surface area contributed by atoms with E-state index in [9.17, 15) is 31.2 Å². The van der Waals surface area contributed by atoms with Crippen molar-refractivity contribution < 1.29 is 32.6 Å². The van der Waals surface area contributed by atoms with E-state index in [0.717, 1.165) is 0 Å². The summed E-state index contributed by atoms with van der Waals surface area (Å²) in [7, 11) is -3.33. The Hall–Kier alpha value is -2.66. The maximum Gasteiger partial charge on any atom is 0.456 e. The Labute approximate surface area is 209 Å². The summed E-state index contributed by atoms with van der Waals surface area (Å²) in [5.74, 6) is -2.08. The number of carbonyl (C=O) groups is 2. The minimum Gasteiger partial charge on any atom is -0.338 e. The highest BCUT2D eigenvalue weighted by atomic mass is 32.2. The van der Waals surface area contributed by atoms with E-state index < -0.39 is 32.9 Å². The number of alkyl halides is 3. The van der Waals surface area contributed by atoms with E-state index in [1.54, 1.807) is 11.0 Å². The van der Waals surface area contributed by atoms with E-state index in [1.807, 2.05) is 13.8 Å². The van der Waals surface area contributed by atoms with Crippen LogP contribution in [0.15, 0.2) is 41.3 Å². The Morgan fingerprint density at radius 1 is 1.03 bits per heavy atom. The number of Topliss-reactive ketones (excluding diaryl/α,β-unsaturated/α-hetero) is 1. The summed E-state index contributed by atoms with van der Waals surface area (Å²) in [6.07, 6.45) is -2.71. The smallest absolute Gasteiger partial charge is 0.338 e. The molecular weight excluding hydrogens is 495 g/mol. The molecular formula is C25H30F3N3O4S. The number of fused-ring (bicyclic) bond motifs is 2. The number of benzene rings is 1. The molecule has 5 rings (SSSR count). The van der Waals surface area contributed by atoms with Crippen molar-refractivity contribution in [2.24, 2.45) is 0 Å². The molecule has 0 unspecified atom stereocenters. The molecule has 0 bridgehead atoms. The van der Waals surface area contributed by atoms with Crippen LogP contribution in [0.1, 0.15) is 67.5 Å². The normalized spacial score (nSPS) is 21.3. The number of amides is 1. The summed E-state index contributed by atoms with van der Waals surface area (Å²) in [5.41, 5.74) is -0.603. The molecule has 3 heterocycles. The summed E-state index contributed by atoms with van der Waals surface area (Å²) in [6.45, 7) is 4.70. The van der Waals surface area contributed by atoms with Crippen molar-refractivity contribution in [2.75, 3.05) is 13.1 Å². The van der Waals surface area contributed by atoms with Gasteiger partial charge in [-0.3, -0.25) is 14.9 Å². The number of hydrogen-bond donors (Lipinski definition) is 1. The molecule has 196 valence electrons. The second-order valence-electron chi connectivity index (χ2n) is 10.7. The van der Waals surface area contributed by atoms with Crippen LogP contribution in [-0.2, 0) is 21.9 Å². The third-order valence-corrected chi connectivity index (χ3v) is 9.67. The van der Waals surface area contributed by atoms with Crippen molar-refractivity contribution in [1.29, 1.82) is 0 Å². The number of nitrogens with zero attached hydrogens (tertiary/aromatic N) is 2. The van der Waals surface area contributed by atoms with Crippen molar-refractivity contribution in [3.8, 4) is 0 Å². The Morgan fingerprint density at radius 3 is 2.19 bits per heavy atom. The van der Waals surface area contributed by atoms with Gasteiger partial charge in [0, 0.05) is 37.9 Å². The zero-order valence-corrected chi connectivity index (χ0v) is 20.9. The minimum absolute atomic E-state index is 0. The van der Waals surface area contributed by atoms with E-state index in [0.29, 0.717) is 50.0 Å². The van der Waals surface area contributed by atoms with Gasteiger partial charge in [-0.2, -0.15) is 13.2 Å². The molecule has 1 aliphatic carbocycles. The van der Waals surface area contributed by atoms with Gasteiger partial charge in [0.05, 0.1) is 21.4 Å². The van der Waals surface area contributed by atoms with Crippen LogP contribution < -0.4 is 5.32 Å². The van der Waals surface area contributed by atoms with Crippen LogP contribution in [0.25, 0.3) is 0 Å². The van der Waals surface area contributed by atoms with Gasteiger partial charge in [-0.05, 0) is 75.9 Å². The minimum atomic E-state index is -4.96. The SMILES string of the molecule is CC1(C)Cn2c(C(=O)C(F)(F)F)ccc2C2(CCN(C(=O)c3ccc(S(=O)(=O)C4CC4)cc3)CC2)N1.[HH]. The monoisotopic (exact) mass is 525 g/mol. The molecule has 1 aromatic carbocycles. The van der Waals surface area contributed by atoms with Gasteiger partial charge in [0.1, 0.15) is 0 Å². The molecule has 1 aromatic heterocycles. The molecule has 1 saturated heterocycles. The second kappa shape index (κ2) is 8.17. The highest BCUT2D eigenvalue weighted by molar-refractivity contribution is 7.92. The number of nitrogens with one attached hydrogen (secondary N) is 1. The topological polar surface area (TPSA) is 88.5 Å². The summed E-state index contributed by atoms with van der Waals surface area (Å²) < 4.78 is 65.9. The molecule has 2 fully saturated rings. The average Bonchev–Trinajstić information content (AvgIpc) is 3.59. The fourth-order valence-electron chi connectivity index (χ4n) is 5.56. The van der Waals surface area contributed by atoms with E-state index in [-0.39, 0.29) is 29.7 Å². The molecule has 7 nitrogen and oxygen atoms in total. The highest BCUT2D eigenvalue weighted by Crippen LogP contribution is 2.41. The molecule has 1 amide bonds. The van der Waals surface area contributed by atoms with Crippen molar-refractivity contribution in [1.82, 2.24) is 14.8 Å². The Balaban J connectivity index is 0.00000320. The van der Waals surface area contributed by atoms with Crippen molar-refractivity contribution >= 4 is 21.5 Å². The standard InChI is InChI=1S/C25H28F3N3O4S.H2/c1-23(2)15-31-19(21(32)25(26,27)28)9-10-20(31)24(29-23)11-13-30(14-12-24)22(33)16-3-5-17(6-4-16)36(34,35)18-7-8-18;/h3-6,9-10,18,29H,7-8,11-15H2,1-2H3;1H. The van der Waals surface area contributed by atoms with E-state index in [4.69, 9.17) is 0 Å². The van der Waals surface area contributed by atoms with Crippen LogP contribution in [0.4, 0.5) is 13.2 Å². The second-order valence-corrected chi connectivity index (χ2v) is 12.9. The van der Waals surface area contributed by atoms with Crippen LogP contribution in [0.5, 0.6) is 0 Å². The van der Waals surface area contributed by atoms with Gasteiger partial charge in [0.2, 0.25) is 0 Å². The summed E-state index contributed by atoms with van der Waals surface area (Å²) in [4.78, 5) is 27.1. The van der Waals surface area contributed by atoms with Gasteiger partial charge in [-0.15, -0.1) is 0 Å². The molecule has 1 N–H and O–H groups in total. The van der Waals surface area contributed by atoms with Gasteiger partial charge >= 0.3 is 6.18 Å². The predicted octanol–water partition coefficient (Wildman–Crippen LogP) is 3.93. The summed E-state index contributed by atoms with van der Waals surface area (Å²) in [6, 6.07) is 8.84. The van der Waals surface area contributed by atoms with Crippen molar-refractivity contribution in [3.63, 3.8) is 0 Å². The number of carbonyl (C=O) groups excluding carboxylic acids is 2.